The Labute approximate surface area is 197 Å². The van der Waals surface area contributed by atoms with Gasteiger partial charge in [-0.05, 0) is 41.3 Å². The molecule has 4 rings (SSSR count). The van der Waals surface area contributed by atoms with Crippen LogP contribution in [-0.4, -0.2) is 62.1 Å². The van der Waals surface area contributed by atoms with Gasteiger partial charge in [-0.3, -0.25) is 19.3 Å². The number of benzene rings is 2. The van der Waals surface area contributed by atoms with Crippen LogP contribution in [0.25, 0.3) is 0 Å². The van der Waals surface area contributed by atoms with Crippen molar-refractivity contribution in [1.29, 1.82) is 0 Å². The normalized spacial score (nSPS) is 19.2. The van der Waals surface area contributed by atoms with Gasteiger partial charge in [-0.1, -0.05) is 24.3 Å². The number of anilines is 1. The Kier molecular flexibility index (Phi) is 7.12. The van der Waals surface area contributed by atoms with Crippen molar-refractivity contribution in [2.24, 2.45) is 5.73 Å². The molecule has 2 aromatic rings. The van der Waals surface area contributed by atoms with Gasteiger partial charge in [-0.2, -0.15) is 0 Å². The molecule has 3 atom stereocenters. The number of nitrogens with two attached hydrogens (primary N) is 1. The van der Waals surface area contributed by atoms with Gasteiger partial charge in [0, 0.05) is 38.3 Å². The third kappa shape index (κ3) is 5.36. The number of halogens is 1. The summed E-state index contributed by atoms with van der Waals surface area (Å²) < 4.78 is 19.5. The smallest absolute Gasteiger partial charge is 0.255 e. The van der Waals surface area contributed by atoms with Gasteiger partial charge < -0.3 is 21.1 Å². The Morgan fingerprint density at radius 3 is 2.79 bits per heavy atom. The number of hydrogen-bond donors (Lipinski definition) is 3. The van der Waals surface area contributed by atoms with Gasteiger partial charge >= 0.3 is 0 Å². The van der Waals surface area contributed by atoms with Gasteiger partial charge in [0.25, 0.3) is 5.91 Å². The van der Waals surface area contributed by atoms with E-state index in [1.165, 1.54) is 0 Å². The molecular weight excluding hydrogens is 439 g/mol. The molecule has 0 radical (unpaired) electrons. The molecule has 0 spiro atoms. The topological polar surface area (TPSA) is 114 Å². The second-order valence-electron chi connectivity index (χ2n) is 8.81. The van der Waals surface area contributed by atoms with Crippen molar-refractivity contribution in [3.8, 4) is 5.75 Å². The molecule has 4 N–H and O–H groups in total. The first-order valence-corrected chi connectivity index (χ1v) is 11.4. The molecule has 1 unspecified atom stereocenters. The molecule has 0 aromatic heterocycles. The fourth-order valence-corrected chi connectivity index (χ4v) is 4.77. The minimum Gasteiger partial charge on any atom is -0.484 e. The van der Waals surface area contributed by atoms with Crippen LogP contribution in [0.5, 0.6) is 5.75 Å². The number of carbonyl (C=O) groups excluding carboxylic acids is 3. The summed E-state index contributed by atoms with van der Waals surface area (Å²) in [6, 6.07) is 12.8. The minimum absolute atomic E-state index is 0.0782. The molecule has 0 bridgehead atoms. The van der Waals surface area contributed by atoms with E-state index in [1.807, 2.05) is 29.2 Å². The Morgan fingerprint density at radius 1 is 1.26 bits per heavy atom. The van der Waals surface area contributed by atoms with Crippen LogP contribution >= 0.6 is 0 Å². The summed E-state index contributed by atoms with van der Waals surface area (Å²) >= 11 is 0. The predicted molar refractivity (Wildman–Crippen MR) is 125 cm³/mol. The highest BCUT2D eigenvalue weighted by Crippen LogP contribution is 2.38. The average molecular weight is 469 g/mol. The van der Waals surface area contributed by atoms with Crippen LogP contribution in [0.3, 0.4) is 0 Å². The highest BCUT2D eigenvalue weighted by molar-refractivity contribution is 5.99. The zero-order valence-corrected chi connectivity index (χ0v) is 19.1. The molecule has 0 saturated carbocycles. The molecule has 0 aliphatic carbocycles. The van der Waals surface area contributed by atoms with Crippen molar-refractivity contribution in [3.05, 3.63) is 59.2 Å². The first kappa shape index (κ1) is 23.7. The first-order chi connectivity index (χ1) is 16.3. The van der Waals surface area contributed by atoms with Gasteiger partial charge in [0.2, 0.25) is 11.8 Å². The number of rotatable bonds is 9. The SMILES string of the molecule is CNC(=O)C(c1ccc2c(c1)NC(=O)C2)[C@H](CN1CC[C@H](F)C1)c1cccc(OCC(N)=O)c1. The molecule has 2 aliphatic heterocycles. The Hall–Kier alpha value is -3.46. The summed E-state index contributed by atoms with van der Waals surface area (Å²) in [6.45, 7) is 1.12. The van der Waals surface area contributed by atoms with Crippen LogP contribution < -0.4 is 21.1 Å². The lowest BCUT2D eigenvalue weighted by Crippen LogP contribution is -2.36. The number of amides is 3. The second kappa shape index (κ2) is 10.2. The second-order valence-corrected chi connectivity index (χ2v) is 8.81. The van der Waals surface area contributed by atoms with Crippen LogP contribution in [0, 0.1) is 0 Å². The van der Waals surface area contributed by atoms with E-state index in [-0.39, 0.29) is 24.3 Å². The van der Waals surface area contributed by atoms with E-state index in [0.717, 1.165) is 16.7 Å². The van der Waals surface area contributed by atoms with Crippen molar-refractivity contribution in [3.63, 3.8) is 0 Å². The number of hydrogen-bond acceptors (Lipinski definition) is 5. The third-order valence-electron chi connectivity index (χ3n) is 6.39. The number of carbonyl (C=O) groups is 3. The van der Waals surface area contributed by atoms with Gasteiger partial charge in [0.05, 0.1) is 12.3 Å². The van der Waals surface area contributed by atoms with E-state index in [2.05, 4.69) is 10.6 Å². The molecule has 2 aliphatic rings. The number of ether oxygens (including phenoxy) is 1. The molecule has 1 saturated heterocycles. The maximum Gasteiger partial charge on any atom is 0.255 e. The van der Waals surface area contributed by atoms with Crippen LogP contribution in [0.2, 0.25) is 0 Å². The summed E-state index contributed by atoms with van der Waals surface area (Å²) in [4.78, 5) is 38.3. The zero-order chi connectivity index (χ0) is 24.2. The Bertz CT molecular complexity index is 1090. The number of likely N-dealkylation sites (N-methyl/N-ethyl adjacent to an activating group) is 1. The summed E-state index contributed by atoms with van der Waals surface area (Å²) in [6.07, 6.45) is -0.113. The highest BCUT2D eigenvalue weighted by atomic mass is 19.1. The zero-order valence-electron chi connectivity index (χ0n) is 19.1. The average Bonchev–Trinajstić information content (AvgIpc) is 3.40. The standard InChI is InChI=1S/C25H29FN4O4/c1-28-25(33)24(17-6-5-16-11-23(32)29-21(16)10-17)20(13-30-8-7-18(26)12-30)15-3-2-4-19(9-15)34-14-22(27)31/h2-6,9-10,18,20,24H,7-8,11-14H2,1H3,(H2,27,31)(H,28,33)(H,29,32)/t18-,20+,24?/m0/s1. The van der Waals surface area contributed by atoms with Gasteiger partial charge in [-0.25, -0.2) is 4.39 Å². The quantitative estimate of drug-likeness (QED) is 0.519. The Balaban J connectivity index is 1.73. The van der Waals surface area contributed by atoms with E-state index in [4.69, 9.17) is 10.5 Å². The summed E-state index contributed by atoms with van der Waals surface area (Å²) in [5.41, 5.74) is 8.38. The largest absolute Gasteiger partial charge is 0.484 e. The molecule has 34 heavy (non-hydrogen) atoms. The Morgan fingerprint density at radius 2 is 2.09 bits per heavy atom. The fraction of sp³-hybridized carbons (Fsp3) is 0.400. The van der Waals surface area contributed by atoms with E-state index in [9.17, 15) is 18.8 Å². The lowest BCUT2D eigenvalue weighted by atomic mass is 9.79. The predicted octanol–water partition coefficient (Wildman–Crippen LogP) is 1.70. The van der Waals surface area contributed by atoms with Crippen LogP contribution in [0.4, 0.5) is 10.1 Å². The maximum atomic E-state index is 14.0. The van der Waals surface area contributed by atoms with Gasteiger partial charge in [0.15, 0.2) is 6.61 Å². The van der Waals surface area contributed by atoms with Gasteiger partial charge in [-0.15, -0.1) is 0 Å². The lowest BCUT2D eigenvalue weighted by Gasteiger charge is -2.31. The molecular formula is C25H29FN4O4. The summed E-state index contributed by atoms with van der Waals surface area (Å²) in [5.74, 6) is -1.32. The number of nitrogens with zero attached hydrogens (tertiary/aromatic N) is 1. The molecule has 2 aromatic carbocycles. The number of likely N-dealkylation sites (tertiary alicyclic amines) is 1. The summed E-state index contributed by atoms with van der Waals surface area (Å²) in [5, 5.41) is 5.62. The van der Waals surface area contributed by atoms with E-state index >= 15 is 0 Å². The number of alkyl halides is 1. The van der Waals surface area contributed by atoms with E-state index in [0.29, 0.717) is 43.9 Å². The number of nitrogens with one attached hydrogen (secondary N) is 2. The summed E-state index contributed by atoms with van der Waals surface area (Å²) in [7, 11) is 1.58. The monoisotopic (exact) mass is 468 g/mol. The molecule has 3 amide bonds. The lowest BCUT2D eigenvalue weighted by molar-refractivity contribution is -0.123. The van der Waals surface area contributed by atoms with Crippen molar-refractivity contribution >= 4 is 23.4 Å². The van der Waals surface area contributed by atoms with Crippen LogP contribution in [0.15, 0.2) is 42.5 Å². The minimum atomic E-state index is -0.889. The molecule has 2 heterocycles. The third-order valence-corrected chi connectivity index (χ3v) is 6.39. The van der Waals surface area contributed by atoms with Crippen LogP contribution in [-0.2, 0) is 20.8 Å². The molecule has 180 valence electrons. The van der Waals surface area contributed by atoms with Crippen molar-refractivity contribution in [2.45, 2.75) is 30.8 Å². The van der Waals surface area contributed by atoms with Crippen molar-refractivity contribution < 1.29 is 23.5 Å². The number of fused-ring (bicyclic) bond motifs is 1. The molecule has 8 nitrogen and oxygen atoms in total. The highest BCUT2D eigenvalue weighted by Gasteiger charge is 2.35. The molecule has 1 fully saturated rings. The van der Waals surface area contributed by atoms with Crippen molar-refractivity contribution in [2.75, 3.05) is 38.6 Å². The maximum absolute atomic E-state index is 14.0. The van der Waals surface area contributed by atoms with Crippen LogP contribution in [0.1, 0.15) is 34.9 Å². The van der Waals surface area contributed by atoms with Crippen molar-refractivity contribution in [1.82, 2.24) is 10.2 Å². The first-order valence-electron chi connectivity index (χ1n) is 11.4. The fourth-order valence-electron chi connectivity index (χ4n) is 4.77. The van der Waals surface area contributed by atoms with Gasteiger partial charge in [0.1, 0.15) is 11.9 Å². The molecule has 9 heteroatoms. The van der Waals surface area contributed by atoms with E-state index in [1.54, 1.807) is 25.2 Å². The number of primary amides is 1. The van der Waals surface area contributed by atoms with E-state index < -0.39 is 18.0 Å².